The molecule has 76 valence electrons. The van der Waals surface area contributed by atoms with E-state index in [-0.39, 0.29) is 29.3 Å². The number of carbonyl (C=O) groups excluding carboxylic acids is 1. The summed E-state index contributed by atoms with van der Waals surface area (Å²) >= 11 is 0. The van der Waals surface area contributed by atoms with Gasteiger partial charge in [0.05, 0.1) is 11.5 Å². The average Bonchev–Trinajstić information content (AvgIpc) is 2.49. The summed E-state index contributed by atoms with van der Waals surface area (Å²) in [5, 5.41) is 8.90. The SMILES string of the molecule is CC1CCC2C(C(=O)O)=COC(=O)[C@H]12. The molecule has 1 aliphatic heterocycles. The highest BCUT2D eigenvalue weighted by molar-refractivity contribution is 5.90. The first-order chi connectivity index (χ1) is 6.61. The fourth-order valence-corrected chi connectivity index (χ4v) is 2.44. The lowest BCUT2D eigenvalue weighted by Crippen LogP contribution is -2.31. The van der Waals surface area contributed by atoms with Gasteiger partial charge in [-0.05, 0) is 18.8 Å². The first-order valence-corrected chi connectivity index (χ1v) is 4.75. The summed E-state index contributed by atoms with van der Waals surface area (Å²) in [6, 6.07) is 0. The van der Waals surface area contributed by atoms with Gasteiger partial charge in [-0.3, -0.25) is 4.79 Å². The number of esters is 1. The van der Waals surface area contributed by atoms with Crippen molar-refractivity contribution in [1.29, 1.82) is 0 Å². The normalized spacial score (nSPS) is 35.9. The molecule has 0 saturated heterocycles. The van der Waals surface area contributed by atoms with Crippen LogP contribution >= 0.6 is 0 Å². The minimum Gasteiger partial charge on any atom is -0.478 e. The lowest BCUT2D eigenvalue weighted by atomic mass is 9.84. The maximum absolute atomic E-state index is 11.4. The minimum absolute atomic E-state index is 0.135. The van der Waals surface area contributed by atoms with Gasteiger partial charge in [-0.25, -0.2) is 4.79 Å². The average molecular weight is 196 g/mol. The fraction of sp³-hybridized carbons (Fsp3) is 0.600. The van der Waals surface area contributed by atoms with Crippen molar-refractivity contribution in [2.24, 2.45) is 17.8 Å². The Bertz CT molecular complexity index is 318. The summed E-state index contributed by atoms with van der Waals surface area (Å²) in [7, 11) is 0. The van der Waals surface area contributed by atoms with Crippen molar-refractivity contribution in [2.75, 3.05) is 0 Å². The van der Waals surface area contributed by atoms with Crippen molar-refractivity contribution in [3.8, 4) is 0 Å². The van der Waals surface area contributed by atoms with E-state index in [1.54, 1.807) is 0 Å². The summed E-state index contributed by atoms with van der Waals surface area (Å²) < 4.78 is 4.75. The number of cyclic esters (lactones) is 1. The Balaban J connectivity index is 2.32. The Labute approximate surface area is 81.6 Å². The lowest BCUT2D eigenvalue weighted by molar-refractivity contribution is -0.147. The van der Waals surface area contributed by atoms with Gasteiger partial charge in [0.2, 0.25) is 0 Å². The number of ether oxygens (including phenoxy) is 1. The van der Waals surface area contributed by atoms with Crippen LogP contribution in [0, 0.1) is 17.8 Å². The maximum Gasteiger partial charge on any atom is 0.335 e. The van der Waals surface area contributed by atoms with E-state index >= 15 is 0 Å². The maximum atomic E-state index is 11.4. The van der Waals surface area contributed by atoms with E-state index in [1.165, 1.54) is 0 Å². The molecular formula is C10H12O4. The molecule has 3 atom stereocenters. The molecule has 0 bridgehead atoms. The van der Waals surface area contributed by atoms with Gasteiger partial charge in [0.1, 0.15) is 6.26 Å². The summed E-state index contributed by atoms with van der Waals surface area (Å²) in [4.78, 5) is 22.2. The molecule has 14 heavy (non-hydrogen) atoms. The van der Waals surface area contributed by atoms with Gasteiger partial charge in [0.15, 0.2) is 0 Å². The first kappa shape index (κ1) is 9.24. The van der Waals surface area contributed by atoms with Crippen LogP contribution in [0.2, 0.25) is 0 Å². The molecule has 1 saturated carbocycles. The van der Waals surface area contributed by atoms with Crippen molar-refractivity contribution in [3.63, 3.8) is 0 Å². The third-order valence-corrected chi connectivity index (χ3v) is 3.20. The Kier molecular flexibility index (Phi) is 2.06. The highest BCUT2D eigenvalue weighted by Gasteiger charge is 2.45. The number of carboxylic acid groups (broad SMARTS) is 1. The van der Waals surface area contributed by atoms with E-state index < -0.39 is 5.97 Å². The van der Waals surface area contributed by atoms with Crippen molar-refractivity contribution in [2.45, 2.75) is 19.8 Å². The summed E-state index contributed by atoms with van der Waals surface area (Å²) in [5.41, 5.74) is 0.249. The molecule has 0 aromatic rings. The molecule has 2 unspecified atom stereocenters. The zero-order valence-corrected chi connectivity index (χ0v) is 7.90. The van der Waals surface area contributed by atoms with Crippen molar-refractivity contribution in [3.05, 3.63) is 11.8 Å². The Morgan fingerprint density at radius 1 is 1.57 bits per heavy atom. The van der Waals surface area contributed by atoms with Gasteiger partial charge in [0, 0.05) is 5.92 Å². The molecule has 0 spiro atoms. The van der Waals surface area contributed by atoms with Crippen LogP contribution in [0.1, 0.15) is 19.8 Å². The van der Waals surface area contributed by atoms with Crippen LogP contribution < -0.4 is 0 Å². The predicted molar refractivity (Wildman–Crippen MR) is 47.2 cm³/mol. The molecule has 0 radical (unpaired) electrons. The Hall–Kier alpha value is -1.32. The highest BCUT2D eigenvalue weighted by atomic mass is 16.5. The lowest BCUT2D eigenvalue weighted by Gasteiger charge is -2.24. The first-order valence-electron chi connectivity index (χ1n) is 4.75. The third kappa shape index (κ3) is 1.22. The topological polar surface area (TPSA) is 63.6 Å². The molecule has 2 aliphatic rings. The van der Waals surface area contributed by atoms with Gasteiger partial charge in [-0.2, -0.15) is 0 Å². The summed E-state index contributed by atoms with van der Waals surface area (Å²) in [5.74, 6) is -1.39. The second kappa shape index (κ2) is 3.12. The number of fused-ring (bicyclic) bond motifs is 1. The van der Waals surface area contributed by atoms with Gasteiger partial charge >= 0.3 is 11.9 Å². The number of hydrogen-bond acceptors (Lipinski definition) is 3. The predicted octanol–water partition coefficient (Wildman–Crippen LogP) is 1.17. The van der Waals surface area contributed by atoms with E-state index in [1.807, 2.05) is 6.92 Å². The molecule has 0 aromatic heterocycles. The van der Waals surface area contributed by atoms with Crippen molar-refractivity contribution >= 4 is 11.9 Å². The molecule has 4 heteroatoms. The van der Waals surface area contributed by atoms with Crippen LogP contribution in [0.25, 0.3) is 0 Å². The molecule has 1 fully saturated rings. The quantitative estimate of drug-likeness (QED) is 0.639. The number of hydrogen-bond donors (Lipinski definition) is 1. The van der Waals surface area contributed by atoms with E-state index in [9.17, 15) is 9.59 Å². The standard InChI is InChI=1S/C10H12O4/c1-5-2-3-6-7(9(11)12)4-14-10(13)8(5)6/h4-6,8H,2-3H2,1H3,(H,11,12)/t5?,6?,8-/m1/s1. The van der Waals surface area contributed by atoms with Gasteiger partial charge in [-0.1, -0.05) is 6.92 Å². The van der Waals surface area contributed by atoms with Crippen LogP contribution in [-0.2, 0) is 14.3 Å². The molecule has 0 aromatic carbocycles. The van der Waals surface area contributed by atoms with Crippen LogP contribution in [0.5, 0.6) is 0 Å². The highest BCUT2D eigenvalue weighted by Crippen LogP contribution is 2.43. The van der Waals surface area contributed by atoms with E-state index in [4.69, 9.17) is 9.84 Å². The van der Waals surface area contributed by atoms with Crippen LogP contribution in [-0.4, -0.2) is 17.0 Å². The van der Waals surface area contributed by atoms with Crippen molar-refractivity contribution in [1.82, 2.24) is 0 Å². The number of carbonyl (C=O) groups is 2. The summed E-state index contributed by atoms with van der Waals surface area (Å²) in [6.45, 7) is 1.97. The largest absolute Gasteiger partial charge is 0.478 e. The molecule has 1 heterocycles. The molecule has 0 amide bonds. The second-order valence-corrected chi connectivity index (χ2v) is 4.00. The van der Waals surface area contributed by atoms with E-state index in [2.05, 4.69) is 0 Å². The van der Waals surface area contributed by atoms with Crippen LogP contribution in [0.4, 0.5) is 0 Å². The smallest absolute Gasteiger partial charge is 0.335 e. The van der Waals surface area contributed by atoms with Crippen molar-refractivity contribution < 1.29 is 19.4 Å². The van der Waals surface area contributed by atoms with Gasteiger partial charge in [0.25, 0.3) is 0 Å². The zero-order chi connectivity index (χ0) is 10.3. The Morgan fingerprint density at radius 2 is 2.29 bits per heavy atom. The van der Waals surface area contributed by atoms with Gasteiger partial charge < -0.3 is 9.84 Å². The fourth-order valence-electron chi connectivity index (χ4n) is 2.44. The molecular weight excluding hydrogens is 184 g/mol. The van der Waals surface area contributed by atoms with Crippen LogP contribution in [0.15, 0.2) is 11.8 Å². The van der Waals surface area contributed by atoms with Gasteiger partial charge in [-0.15, -0.1) is 0 Å². The molecule has 4 nitrogen and oxygen atoms in total. The number of carboxylic acids is 1. The molecule has 1 aliphatic carbocycles. The number of aliphatic carboxylic acids is 1. The zero-order valence-electron chi connectivity index (χ0n) is 7.90. The Morgan fingerprint density at radius 3 is 2.93 bits per heavy atom. The van der Waals surface area contributed by atoms with E-state index in [0.717, 1.165) is 19.1 Å². The monoisotopic (exact) mass is 196 g/mol. The minimum atomic E-state index is -0.971. The van der Waals surface area contributed by atoms with Crippen LogP contribution in [0.3, 0.4) is 0 Å². The molecule has 2 rings (SSSR count). The summed E-state index contributed by atoms with van der Waals surface area (Å²) in [6.07, 6.45) is 2.78. The van der Waals surface area contributed by atoms with E-state index in [0.29, 0.717) is 0 Å². The third-order valence-electron chi connectivity index (χ3n) is 3.20. The second-order valence-electron chi connectivity index (χ2n) is 4.00. The number of rotatable bonds is 1. The molecule has 1 N–H and O–H groups in total.